The molecular formula is C17H20N4O5. The number of anilines is 1. The fourth-order valence-corrected chi connectivity index (χ4v) is 3.71. The van der Waals surface area contributed by atoms with Gasteiger partial charge in [0.1, 0.15) is 12.1 Å². The van der Waals surface area contributed by atoms with Crippen molar-refractivity contribution in [1.82, 2.24) is 9.80 Å². The van der Waals surface area contributed by atoms with Crippen LogP contribution >= 0.6 is 0 Å². The number of rotatable bonds is 4. The SMILES string of the molecule is CN1C(=O)N(CC(=O)Nc2cccc([N+](=O)[O-])c2)C(=O)C12CCCCC2. The standard InChI is InChI=1S/C17H20N4O5/c1-19-16(24)20(15(23)17(19)8-3-2-4-9-17)11-14(22)18-12-6-5-7-13(10-12)21(25)26/h5-7,10H,2-4,8-9,11H2,1H3,(H,18,22). The fraction of sp³-hybridized carbons (Fsp3) is 0.471. The summed E-state index contributed by atoms with van der Waals surface area (Å²) in [6.07, 6.45) is 3.99. The molecule has 1 saturated heterocycles. The maximum absolute atomic E-state index is 12.8. The number of nitro groups is 1. The minimum absolute atomic E-state index is 0.156. The largest absolute Gasteiger partial charge is 0.327 e. The molecule has 9 nitrogen and oxygen atoms in total. The number of nitro benzene ring substituents is 1. The number of carbonyl (C=O) groups excluding carboxylic acids is 3. The van der Waals surface area contributed by atoms with Crippen LogP contribution < -0.4 is 5.32 Å². The van der Waals surface area contributed by atoms with Gasteiger partial charge in [0.05, 0.1) is 4.92 Å². The first-order valence-corrected chi connectivity index (χ1v) is 8.49. The molecule has 1 N–H and O–H groups in total. The van der Waals surface area contributed by atoms with Crippen molar-refractivity contribution < 1.29 is 19.3 Å². The Morgan fingerprint density at radius 2 is 1.96 bits per heavy atom. The van der Waals surface area contributed by atoms with Crippen molar-refractivity contribution in [1.29, 1.82) is 0 Å². The molecule has 1 aliphatic carbocycles. The van der Waals surface area contributed by atoms with Crippen LogP contribution in [0.25, 0.3) is 0 Å². The number of hydrogen-bond acceptors (Lipinski definition) is 5. The van der Waals surface area contributed by atoms with Crippen LogP contribution in [0, 0.1) is 10.1 Å². The van der Waals surface area contributed by atoms with Gasteiger partial charge >= 0.3 is 6.03 Å². The van der Waals surface area contributed by atoms with E-state index in [0.29, 0.717) is 12.8 Å². The van der Waals surface area contributed by atoms with Crippen LogP contribution in [0.2, 0.25) is 0 Å². The molecule has 1 saturated carbocycles. The third kappa shape index (κ3) is 3.00. The Morgan fingerprint density at radius 1 is 1.27 bits per heavy atom. The predicted molar refractivity (Wildman–Crippen MR) is 92.4 cm³/mol. The maximum atomic E-state index is 12.8. The molecule has 1 aliphatic heterocycles. The van der Waals surface area contributed by atoms with Gasteiger partial charge in [-0.25, -0.2) is 4.79 Å². The van der Waals surface area contributed by atoms with Gasteiger partial charge in [-0.1, -0.05) is 25.3 Å². The Kier molecular flexibility index (Phi) is 4.62. The predicted octanol–water partition coefficient (Wildman–Crippen LogP) is 2.13. The molecule has 138 valence electrons. The zero-order valence-electron chi connectivity index (χ0n) is 14.4. The summed E-state index contributed by atoms with van der Waals surface area (Å²) in [5.41, 5.74) is -0.748. The van der Waals surface area contributed by atoms with E-state index in [1.807, 2.05) is 0 Å². The first-order valence-electron chi connectivity index (χ1n) is 8.49. The highest BCUT2D eigenvalue weighted by molar-refractivity contribution is 6.10. The highest BCUT2D eigenvalue weighted by Crippen LogP contribution is 2.39. The van der Waals surface area contributed by atoms with Crippen molar-refractivity contribution in [2.45, 2.75) is 37.6 Å². The van der Waals surface area contributed by atoms with E-state index in [4.69, 9.17) is 0 Å². The number of urea groups is 1. The molecular weight excluding hydrogens is 340 g/mol. The average molecular weight is 360 g/mol. The van der Waals surface area contributed by atoms with Gasteiger partial charge in [0, 0.05) is 24.9 Å². The lowest BCUT2D eigenvalue weighted by Gasteiger charge is -2.35. The second-order valence-corrected chi connectivity index (χ2v) is 6.68. The summed E-state index contributed by atoms with van der Waals surface area (Å²) < 4.78 is 0. The van der Waals surface area contributed by atoms with Gasteiger partial charge in [0.15, 0.2) is 0 Å². The van der Waals surface area contributed by atoms with Crippen molar-refractivity contribution in [2.75, 3.05) is 18.9 Å². The van der Waals surface area contributed by atoms with Gasteiger partial charge in [-0.3, -0.25) is 24.6 Å². The van der Waals surface area contributed by atoms with Crippen LogP contribution in [0.1, 0.15) is 32.1 Å². The third-order valence-electron chi connectivity index (χ3n) is 5.13. The molecule has 1 spiro atoms. The van der Waals surface area contributed by atoms with Crippen LogP contribution in [0.15, 0.2) is 24.3 Å². The van der Waals surface area contributed by atoms with E-state index in [1.54, 1.807) is 7.05 Å². The first kappa shape index (κ1) is 17.8. The van der Waals surface area contributed by atoms with E-state index in [0.717, 1.165) is 24.2 Å². The minimum atomic E-state index is -0.832. The molecule has 1 aromatic carbocycles. The van der Waals surface area contributed by atoms with Crippen LogP contribution in [-0.4, -0.2) is 51.7 Å². The van der Waals surface area contributed by atoms with Crippen molar-refractivity contribution in [2.24, 2.45) is 0 Å². The van der Waals surface area contributed by atoms with E-state index in [9.17, 15) is 24.5 Å². The summed E-state index contributed by atoms with van der Waals surface area (Å²) in [5, 5.41) is 13.3. The summed E-state index contributed by atoms with van der Waals surface area (Å²) >= 11 is 0. The molecule has 2 fully saturated rings. The van der Waals surface area contributed by atoms with Gasteiger partial charge in [-0.15, -0.1) is 0 Å². The van der Waals surface area contributed by atoms with Gasteiger partial charge in [0.2, 0.25) is 5.91 Å². The van der Waals surface area contributed by atoms with Crippen molar-refractivity contribution in [3.8, 4) is 0 Å². The zero-order chi connectivity index (χ0) is 18.9. The van der Waals surface area contributed by atoms with Gasteiger partial charge in [-0.2, -0.15) is 0 Å². The summed E-state index contributed by atoms with van der Waals surface area (Å²) in [4.78, 5) is 50.2. The maximum Gasteiger partial charge on any atom is 0.327 e. The number of non-ortho nitro benzene ring substituents is 1. The van der Waals surface area contributed by atoms with Crippen molar-refractivity contribution in [3.63, 3.8) is 0 Å². The lowest BCUT2D eigenvalue weighted by atomic mass is 9.81. The first-order chi connectivity index (χ1) is 12.3. The van der Waals surface area contributed by atoms with Crippen LogP contribution in [-0.2, 0) is 9.59 Å². The lowest BCUT2D eigenvalue weighted by molar-refractivity contribution is -0.384. The molecule has 3 rings (SSSR count). The topological polar surface area (TPSA) is 113 Å². The van der Waals surface area contributed by atoms with Crippen LogP contribution in [0.5, 0.6) is 0 Å². The Hall–Kier alpha value is -2.97. The molecule has 0 aromatic heterocycles. The van der Waals surface area contributed by atoms with Crippen molar-refractivity contribution in [3.05, 3.63) is 34.4 Å². The second-order valence-electron chi connectivity index (χ2n) is 6.68. The van der Waals surface area contributed by atoms with E-state index >= 15 is 0 Å². The molecule has 1 heterocycles. The minimum Gasteiger partial charge on any atom is -0.324 e. The van der Waals surface area contributed by atoms with Gasteiger partial charge < -0.3 is 10.2 Å². The highest BCUT2D eigenvalue weighted by Gasteiger charge is 2.55. The molecule has 26 heavy (non-hydrogen) atoms. The number of amides is 4. The molecule has 0 radical (unpaired) electrons. The number of hydrogen-bond donors (Lipinski definition) is 1. The third-order valence-corrected chi connectivity index (χ3v) is 5.13. The zero-order valence-corrected chi connectivity index (χ0v) is 14.4. The normalized spacial score (nSPS) is 19.1. The van der Waals surface area contributed by atoms with E-state index < -0.39 is 28.9 Å². The number of benzene rings is 1. The number of likely N-dealkylation sites (N-methyl/N-ethyl adjacent to an activating group) is 1. The smallest absolute Gasteiger partial charge is 0.324 e. The van der Waals surface area contributed by atoms with Gasteiger partial charge in [0.25, 0.3) is 11.6 Å². The second kappa shape index (κ2) is 6.74. The summed E-state index contributed by atoms with van der Waals surface area (Å²) in [6.45, 7) is -0.410. The number of carbonyl (C=O) groups is 3. The Bertz CT molecular complexity index is 772. The van der Waals surface area contributed by atoms with Crippen LogP contribution in [0.4, 0.5) is 16.2 Å². The van der Waals surface area contributed by atoms with E-state index in [1.165, 1.54) is 29.2 Å². The highest BCUT2D eigenvalue weighted by atomic mass is 16.6. The molecule has 4 amide bonds. The summed E-state index contributed by atoms with van der Waals surface area (Å²) in [5.74, 6) is -0.910. The number of imide groups is 1. The molecule has 9 heteroatoms. The molecule has 0 bridgehead atoms. The molecule has 0 atom stereocenters. The Morgan fingerprint density at radius 3 is 2.62 bits per heavy atom. The molecule has 1 aromatic rings. The van der Waals surface area contributed by atoms with Crippen LogP contribution in [0.3, 0.4) is 0 Å². The molecule has 0 unspecified atom stereocenters. The fourth-order valence-electron chi connectivity index (χ4n) is 3.71. The Balaban J connectivity index is 1.71. The summed E-state index contributed by atoms with van der Waals surface area (Å²) in [6, 6.07) is 5.01. The van der Waals surface area contributed by atoms with E-state index in [2.05, 4.69) is 5.32 Å². The average Bonchev–Trinajstić information content (AvgIpc) is 2.79. The quantitative estimate of drug-likeness (QED) is 0.502. The lowest BCUT2D eigenvalue weighted by Crippen LogP contribution is -2.49. The number of nitrogens with zero attached hydrogens (tertiary/aromatic N) is 3. The summed E-state index contributed by atoms with van der Waals surface area (Å²) in [7, 11) is 1.60. The monoisotopic (exact) mass is 360 g/mol. The Labute approximate surface area is 150 Å². The van der Waals surface area contributed by atoms with Gasteiger partial charge in [-0.05, 0) is 18.9 Å². The molecule has 2 aliphatic rings. The number of nitrogens with one attached hydrogen (secondary N) is 1. The van der Waals surface area contributed by atoms with E-state index in [-0.39, 0.29) is 17.3 Å². The van der Waals surface area contributed by atoms with Crippen molar-refractivity contribution >= 4 is 29.2 Å².